The maximum Gasteiger partial charge on any atom is 0.228 e. The first-order valence-corrected chi connectivity index (χ1v) is 8.18. The Morgan fingerprint density at radius 2 is 1.88 bits per heavy atom. The van der Waals surface area contributed by atoms with Crippen molar-refractivity contribution in [2.75, 3.05) is 18.0 Å². The van der Waals surface area contributed by atoms with E-state index in [4.69, 9.17) is 4.74 Å². The van der Waals surface area contributed by atoms with Crippen molar-refractivity contribution >= 4 is 5.95 Å². The van der Waals surface area contributed by atoms with Crippen molar-refractivity contribution in [3.8, 4) is 5.88 Å². The molecule has 1 aromatic carbocycles. The smallest absolute Gasteiger partial charge is 0.228 e. The third-order valence-electron chi connectivity index (χ3n) is 4.26. The Bertz CT molecular complexity index is 715. The highest BCUT2D eigenvalue weighted by Gasteiger charge is 2.19. The lowest BCUT2D eigenvalue weighted by Gasteiger charge is -2.30. The first-order valence-electron chi connectivity index (χ1n) is 8.18. The van der Waals surface area contributed by atoms with Crippen LogP contribution >= 0.6 is 0 Å². The van der Waals surface area contributed by atoms with Gasteiger partial charge in [0.2, 0.25) is 11.8 Å². The van der Waals surface area contributed by atoms with Crippen molar-refractivity contribution in [1.29, 1.82) is 0 Å². The summed E-state index contributed by atoms with van der Waals surface area (Å²) >= 11 is 0. The maximum atomic E-state index is 13.2. The monoisotopic (exact) mass is 333 g/mol. The van der Waals surface area contributed by atoms with Crippen molar-refractivity contribution in [2.45, 2.75) is 33.3 Å². The van der Waals surface area contributed by atoms with Gasteiger partial charge in [-0.2, -0.15) is 4.98 Å². The maximum absolute atomic E-state index is 13.2. The number of benzene rings is 1. The van der Waals surface area contributed by atoms with Gasteiger partial charge in [-0.3, -0.25) is 0 Å². The lowest BCUT2D eigenvalue weighted by Crippen LogP contribution is -2.34. The molecule has 3 rings (SSSR count). The molecule has 0 amide bonds. The second kappa shape index (κ2) is 7.11. The van der Waals surface area contributed by atoms with Crippen LogP contribution in [0.1, 0.15) is 31.0 Å². The minimum atomic E-state index is -0.877. The summed E-state index contributed by atoms with van der Waals surface area (Å²) in [5.41, 5.74) is 1.37. The van der Waals surface area contributed by atoms with Crippen LogP contribution < -0.4 is 9.64 Å². The van der Waals surface area contributed by atoms with Crippen molar-refractivity contribution in [3.05, 3.63) is 47.2 Å². The molecule has 128 valence electrons. The number of ether oxygens (including phenoxy) is 1. The number of nitrogens with zero attached hydrogens (tertiary/aromatic N) is 3. The highest BCUT2D eigenvalue weighted by Crippen LogP contribution is 2.22. The Hall–Kier alpha value is -2.24. The first kappa shape index (κ1) is 16.6. The van der Waals surface area contributed by atoms with Gasteiger partial charge in [0.15, 0.2) is 11.6 Å². The van der Waals surface area contributed by atoms with Crippen LogP contribution in [0.15, 0.2) is 24.3 Å². The van der Waals surface area contributed by atoms with E-state index in [0.29, 0.717) is 17.4 Å². The van der Waals surface area contributed by atoms with Gasteiger partial charge in [0.25, 0.3) is 0 Å². The number of piperidine rings is 1. The zero-order valence-corrected chi connectivity index (χ0v) is 13.9. The molecule has 0 saturated carbocycles. The molecule has 1 saturated heterocycles. The van der Waals surface area contributed by atoms with E-state index in [-0.39, 0.29) is 6.61 Å². The standard InChI is InChI=1S/C18H21F2N3O/c1-12-5-7-23(8-6-12)18-21-13(2)9-17(22-18)24-11-14-3-4-15(19)16(20)10-14/h3-4,9-10,12H,5-8,11H2,1-2H3. The molecule has 0 spiro atoms. The van der Waals surface area contributed by atoms with Gasteiger partial charge in [0.05, 0.1) is 0 Å². The molecule has 0 unspecified atom stereocenters. The van der Waals surface area contributed by atoms with Crippen molar-refractivity contribution in [2.24, 2.45) is 5.92 Å². The average molecular weight is 333 g/mol. The molecule has 2 heterocycles. The fourth-order valence-corrected chi connectivity index (χ4v) is 2.74. The highest BCUT2D eigenvalue weighted by atomic mass is 19.2. The molecule has 0 atom stereocenters. The van der Waals surface area contributed by atoms with Crippen LogP contribution in [-0.2, 0) is 6.61 Å². The summed E-state index contributed by atoms with van der Waals surface area (Å²) in [7, 11) is 0. The Balaban J connectivity index is 1.70. The minimum Gasteiger partial charge on any atom is -0.473 e. The number of aryl methyl sites for hydroxylation is 1. The number of anilines is 1. The summed E-state index contributed by atoms with van der Waals surface area (Å²) < 4.78 is 31.9. The van der Waals surface area contributed by atoms with Crippen molar-refractivity contribution in [3.63, 3.8) is 0 Å². The van der Waals surface area contributed by atoms with E-state index in [1.807, 2.05) is 6.92 Å². The molecule has 0 N–H and O–H groups in total. The van der Waals surface area contributed by atoms with Gasteiger partial charge in [-0.1, -0.05) is 13.0 Å². The number of hydrogen-bond donors (Lipinski definition) is 0. The molecule has 1 aliphatic rings. The average Bonchev–Trinajstić information content (AvgIpc) is 2.56. The molecular formula is C18H21F2N3O. The van der Waals surface area contributed by atoms with Crippen molar-refractivity contribution < 1.29 is 13.5 Å². The number of hydrogen-bond acceptors (Lipinski definition) is 4. The predicted molar refractivity (Wildman–Crippen MR) is 88.1 cm³/mol. The summed E-state index contributed by atoms with van der Waals surface area (Å²) in [4.78, 5) is 11.1. The molecule has 1 fully saturated rings. The van der Waals surface area contributed by atoms with E-state index < -0.39 is 11.6 Å². The van der Waals surface area contributed by atoms with E-state index in [1.165, 1.54) is 6.07 Å². The Morgan fingerprint density at radius 3 is 2.58 bits per heavy atom. The fraction of sp³-hybridized carbons (Fsp3) is 0.444. The van der Waals surface area contributed by atoms with Crippen LogP contribution in [0.4, 0.5) is 14.7 Å². The van der Waals surface area contributed by atoms with Gasteiger partial charge >= 0.3 is 0 Å². The van der Waals surface area contributed by atoms with E-state index in [2.05, 4.69) is 21.8 Å². The lowest BCUT2D eigenvalue weighted by atomic mass is 10.00. The van der Waals surface area contributed by atoms with Gasteiger partial charge in [-0.15, -0.1) is 0 Å². The van der Waals surface area contributed by atoms with Crippen LogP contribution in [0.25, 0.3) is 0 Å². The van der Waals surface area contributed by atoms with Gasteiger partial charge in [0.1, 0.15) is 6.61 Å². The van der Waals surface area contributed by atoms with Crippen molar-refractivity contribution in [1.82, 2.24) is 9.97 Å². The lowest BCUT2D eigenvalue weighted by molar-refractivity contribution is 0.291. The molecule has 1 aromatic heterocycles. The summed E-state index contributed by atoms with van der Waals surface area (Å²) in [6, 6.07) is 5.48. The van der Waals surface area contributed by atoms with Gasteiger partial charge < -0.3 is 9.64 Å². The van der Waals surface area contributed by atoms with Crippen LogP contribution in [0.2, 0.25) is 0 Å². The topological polar surface area (TPSA) is 38.2 Å². The summed E-state index contributed by atoms with van der Waals surface area (Å²) in [6.45, 7) is 6.15. The van der Waals surface area contributed by atoms with E-state index in [1.54, 1.807) is 6.07 Å². The van der Waals surface area contributed by atoms with Crippen LogP contribution in [0.5, 0.6) is 5.88 Å². The molecule has 24 heavy (non-hydrogen) atoms. The zero-order valence-electron chi connectivity index (χ0n) is 13.9. The second-order valence-electron chi connectivity index (χ2n) is 6.35. The number of halogens is 2. The Kier molecular flexibility index (Phi) is 4.92. The number of rotatable bonds is 4. The fourth-order valence-electron chi connectivity index (χ4n) is 2.74. The van der Waals surface area contributed by atoms with Gasteiger partial charge in [-0.05, 0) is 43.4 Å². The van der Waals surface area contributed by atoms with Gasteiger partial charge in [-0.25, -0.2) is 13.8 Å². The highest BCUT2D eigenvalue weighted by molar-refractivity contribution is 5.35. The second-order valence-corrected chi connectivity index (χ2v) is 6.35. The third-order valence-corrected chi connectivity index (χ3v) is 4.26. The van der Waals surface area contributed by atoms with Crippen LogP contribution in [-0.4, -0.2) is 23.1 Å². The SMILES string of the molecule is Cc1cc(OCc2ccc(F)c(F)c2)nc(N2CCC(C)CC2)n1. The molecule has 6 heteroatoms. The Morgan fingerprint density at radius 1 is 1.12 bits per heavy atom. The van der Waals surface area contributed by atoms with Crippen LogP contribution in [0, 0.1) is 24.5 Å². The molecule has 0 radical (unpaired) electrons. The van der Waals surface area contributed by atoms with Crippen LogP contribution in [0.3, 0.4) is 0 Å². The Labute approximate surface area is 140 Å². The molecule has 1 aliphatic heterocycles. The largest absolute Gasteiger partial charge is 0.473 e. The van der Waals surface area contributed by atoms with E-state index >= 15 is 0 Å². The molecule has 0 aliphatic carbocycles. The molecule has 0 bridgehead atoms. The van der Waals surface area contributed by atoms with Gasteiger partial charge in [0, 0.05) is 24.8 Å². The predicted octanol–water partition coefficient (Wildman–Crippen LogP) is 3.88. The molecule has 2 aromatic rings. The molecule has 4 nitrogen and oxygen atoms in total. The van der Waals surface area contributed by atoms with E-state index in [0.717, 1.165) is 49.7 Å². The number of aromatic nitrogens is 2. The summed E-state index contributed by atoms with van der Waals surface area (Å²) in [5.74, 6) is 0.106. The third kappa shape index (κ3) is 3.99. The zero-order chi connectivity index (χ0) is 17.1. The quantitative estimate of drug-likeness (QED) is 0.851. The minimum absolute atomic E-state index is 0.129. The normalized spacial score (nSPS) is 15.6. The summed E-state index contributed by atoms with van der Waals surface area (Å²) in [5, 5.41) is 0. The summed E-state index contributed by atoms with van der Waals surface area (Å²) in [6.07, 6.45) is 2.25. The van der Waals surface area contributed by atoms with E-state index in [9.17, 15) is 8.78 Å². The first-order chi connectivity index (χ1) is 11.5. The molecular weight excluding hydrogens is 312 g/mol.